The van der Waals surface area contributed by atoms with E-state index in [0.717, 1.165) is 22.7 Å². The zero-order valence-corrected chi connectivity index (χ0v) is 14.0. The largest absolute Gasteiger partial charge is 0.507 e. The summed E-state index contributed by atoms with van der Waals surface area (Å²) in [5.41, 5.74) is 3.69. The van der Waals surface area contributed by atoms with Crippen LogP contribution in [0.2, 0.25) is 0 Å². The number of fused-ring (bicyclic) bond motifs is 1. The number of phenols is 1. The number of aryl methyl sites for hydroxylation is 1. The Labute approximate surface area is 142 Å². The molecular weight excluding hydrogens is 298 g/mol. The maximum absolute atomic E-state index is 10.3. The Morgan fingerprint density at radius 2 is 1.92 bits per heavy atom. The van der Waals surface area contributed by atoms with Gasteiger partial charge in [-0.2, -0.15) is 0 Å². The molecule has 0 radical (unpaired) electrons. The molecule has 0 spiro atoms. The third-order valence-electron chi connectivity index (χ3n) is 4.89. The molecule has 0 unspecified atom stereocenters. The normalized spacial score (nSPS) is 15.7. The molecule has 1 saturated carbocycles. The molecule has 0 saturated heterocycles. The topological polar surface area (TPSA) is 49.6 Å². The number of phenolic OH excluding ortho intramolecular Hbond substituents is 1. The number of pyridine rings is 1. The van der Waals surface area contributed by atoms with Gasteiger partial charge < -0.3 is 10.4 Å². The highest BCUT2D eigenvalue weighted by molar-refractivity contribution is 5.80. The van der Waals surface area contributed by atoms with Gasteiger partial charge in [-0.25, -0.2) is 4.98 Å². The second-order valence-corrected chi connectivity index (χ2v) is 6.74. The van der Waals surface area contributed by atoms with Crippen molar-refractivity contribution in [3.05, 3.63) is 48.2 Å². The number of aromatic hydroxyl groups is 1. The van der Waals surface area contributed by atoms with Gasteiger partial charge in [0.15, 0.2) is 0 Å². The first-order valence-corrected chi connectivity index (χ1v) is 8.76. The van der Waals surface area contributed by atoms with E-state index in [4.69, 9.17) is 4.98 Å². The number of para-hydroxylation sites is 1. The van der Waals surface area contributed by atoms with E-state index in [1.807, 2.05) is 18.2 Å². The van der Waals surface area contributed by atoms with Crippen molar-refractivity contribution < 1.29 is 5.11 Å². The van der Waals surface area contributed by atoms with E-state index in [9.17, 15) is 5.11 Å². The van der Waals surface area contributed by atoms with E-state index in [2.05, 4.69) is 35.0 Å². The van der Waals surface area contributed by atoms with Crippen LogP contribution in [0.4, 0.5) is 5.82 Å². The average Bonchev–Trinajstić information content (AvgIpc) is 2.93. The Morgan fingerprint density at radius 1 is 1.12 bits per heavy atom. The van der Waals surface area contributed by atoms with Crippen molar-refractivity contribution in [3.8, 4) is 17.0 Å². The average molecular weight is 321 g/mol. The fourth-order valence-corrected chi connectivity index (χ4v) is 3.59. The van der Waals surface area contributed by atoms with E-state index in [1.165, 1.54) is 37.7 Å². The summed E-state index contributed by atoms with van der Waals surface area (Å²) in [6.45, 7) is 2.07. The number of hydrogen-bond acceptors (Lipinski definition) is 3. The molecule has 2 aromatic heterocycles. The van der Waals surface area contributed by atoms with Crippen LogP contribution in [-0.4, -0.2) is 20.5 Å². The summed E-state index contributed by atoms with van der Waals surface area (Å²) in [7, 11) is 0. The molecule has 1 aliphatic carbocycles. The van der Waals surface area contributed by atoms with E-state index in [-0.39, 0.29) is 5.75 Å². The van der Waals surface area contributed by atoms with Crippen LogP contribution in [-0.2, 0) is 0 Å². The second-order valence-electron chi connectivity index (χ2n) is 6.74. The van der Waals surface area contributed by atoms with Gasteiger partial charge in [-0.1, -0.05) is 31.4 Å². The molecular formula is C20H23N3O. The van der Waals surface area contributed by atoms with Crippen LogP contribution in [0.1, 0.15) is 37.7 Å². The fourth-order valence-electron chi connectivity index (χ4n) is 3.59. The van der Waals surface area contributed by atoms with Crippen molar-refractivity contribution in [3.63, 3.8) is 0 Å². The number of rotatable bonds is 3. The lowest BCUT2D eigenvalue weighted by molar-refractivity contribution is 0.461. The third-order valence-corrected chi connectivity index (χ3v) is 4.89. The van der Waals surface area contributed by atoms with Gasteiger partial charge in [0, 0.05) is 17.8 Å². The van der Waals surface area contributed by atoms with Crippen molar-refractivity contribution in [1.82, 2.24) is 9.38 Å². The highest BCUT2D eigenvalue weighted by Gasteiger charge is 2.20. The van der Waals surface area contributed by atoms with Crippen molar-refractivity contribution >= 4 is 11.5 Å². The Hall–Kier alpha value is -2.49. The first kappa shape index (κ1) is 15.1. The molecule has 2 heterocycles. The molecule has 0 aliphatic heterocycles. The lowest BCUT2D eigenvalue weighted by Crippen LogP contribution is -2.23. The summed E-state index contributed by atoms with van der Waals surface area (Å²) in [6.07, 6.45) is 8.33. The summed E-state index contributed by atoms with van der Waals surface area (Å²) in [4.78, 5) is 4.81. The minimum Gasteiger partial charge on any atom is -0.507 e. The van der Waals surface area contributed by atoms with Gasteiger partial charge >= 0.3 is 0 Å². The van der Waals surface area contributed by atoms with Gasteiger partial charge in [0.2, 0.25) is 0 Å². The summed E-state index contributed by atoms with van der Waals surface area (Å²) in [6, 6.07) is 12.1. The first-order valence-electron chi connectivity index (χ1n) is 8.76. The molecule has 0 bridgehead atoms. The molecule has 1 aliphatic rings. The monoisotopic (exact) mass is 321 g/mol. The molecule has 1 fully saturated rings. The van der Waals surface area contributed by atoms with Crippen LogP contribution in [0.3, 0.4) is 0 Å². The SMILES string of the molecule is Cc1ccn2c(NC3CCCCC3)c(-c3ccccc3O)nc2c1. The minimum atomic E-state index is 0.268. The highest BCUT2D eigenvalue weighted by atomic mass is 16.3. The molecule has 3 aromatic rings. The third kappa shape index (κ3) is 2.73. The number of benzene rings is 1. The van der Waals surface area contributed by atoms with E-state index in [0.29, 0.717) is 6.04 Å². The number of hydrogen-bond donors (Lipinski definition) is 2. The van der Waals surface area contributed by atoms with Crippen LogP contribution >= 0.6 is 0 Å². The lowest BCUT2D eigenvalue weighted by Gasteiger charge is -2.24. The number of nitrogens with zero attached hydrogens (tertiary/aromatic N) is 2. The van der Waals surface area contributed by atoms with Crippen molar-refractivity contribution in [2.45, 2.75) is 45.1 Å². The van der Waals surface area contributed by atoms with E-state index >= 15 is 0 Å². The molecule has 4 nitrogen and oxygen atoms in total. The molecule has 2 N–H and O–H groups in total. The van der Waals surface area contributed by atoms with Gasteiger partial charge in [-0.15, -0.1) is 0 Å². The molecule has 1 aromatic carbocycles. The van der Waals surface area contributed by atoms with Crippen LogP contribution in [0.5, 0.6) is 5.75 Å². The number of aromatic nitrogens is 2. The van der Waals surface area contributed by atoms with E-state index < -0.39 is 0 Å². The number of nitrogens with one attached hydrogen (secondary N) is 1. The summed E-state index contributed by atoms with van der Waals surface area (Å²) >= 11 is 0. The number of imidazole rings is 1. The maximum Gasteiger partial charge on any atom is 0.139 e. The quantitative estimate of drug-likeness (QED) is 0.731. The van der Waals surface area contributed by atoms with Crippen molar-refractivity contribution in [2.75, 3.05) is 5.32 Å². The Bertz CT molecular complexity index is 862. The molecule has 124 valence electrons. The number of anilines is 1. The predicted octanol–water partition coefficient (Wildman–Crippen LogP) is 4.76. The van der Waals surface area contributed by atoms with Crippen LogP contribution in [0, 0.1) is 6.92 Å². The summed E-state index contributed by atoms with van der Waals surface area (Å²) in [5.74, 6) is 1.25. The molecule has 4 rings (SSSR count). The second kappa shape index (κ2) is 6.19. The summed E-state index contributed by atoms with van der Waals surface area (Å²) < 4.78 is 2.10. The van der Waals surface area contributed by atoms with Crippen LogP contribution in [0.15, 0.2) is 42.6 Å². The Balaban J connectivity index is 1.85. The highest BCUT2D eigenvalue weighted by Crippen LogP contribution is 2.35. The van der Waals surface area contributed by atoms with Gasteiger partial charge in [0.05, 0.1) is 0 Å². The predicted molar refractivity (Wildman–Crippen MR) is 97.5 cm³/mol. The van der Waals surface area contributed by atoms with E-state index in [1.54, 1.807) is 6.07 Å². The van der Waals surface area contributed by atoms with Gasteiger partial charge in [0.25, 0.3) is 0 Å². The maximum atomic E-state index is 10.3. The fraction of sp³-hybridized carbons (Fsp3) is 0.350. The zero-order valence-electron chi connectivity index (χ0n) is 14.0. The van der Waals surface area contributed by atoms with Crippen LogP contribution in [0.25, 0.3) is 16.9 Å². The molecule has 0 atom stereocenters. The lowest BCUT2D eigenvalue weighted by atomic mass is 9.95. The minimum absolute atomic E-state index is 0.268. The van der Waals surface area contributed by atoms with Gasteiger partial charge in [-0.05, 0) is 49.6 Å². The Kier molecular flexibility index (Phi) is 3.89. The first-order chi connectivity index (χ1) is 11.7. The van der Waals surface area contributed by atoms with Crippen molar-refractivity contribution in [1.29, 1.82) is 0 Å². The van der Waals surface area contributed by atoms with Gasteiger partial charge in [-0.3, -0.25) is 4.40 Å². The van der Waals surface area contributed by atoms with Crippen molar-refractivity contribution in [2.24, 2.45) is 0 Å². The standard InChI is InChI=1S/C20H23N3O/c1-14-11-12-23-18(13-14)22-19(16-9-5-6-10-17(16)24)20(23)21-15-7-3-2-4-8-15/h5-6,9-13,15,21,24H,2-4,7-8H2,1H3. The molecule has 24 heavy (non-hydrogen) atoms. The molecule has 4 heteroatoms. The summed E-state index contributed by atoms with van der Waals surface area (Å²) in [5, 5.41) is 14.0. The zero-order chi connectivity index (χ0) is 16.5. The Morgan fingerprint density at radius 3 is 2.71 bits per heavy atom. The smallest absolute Gasteiger partial charge is 0.139 e. The van der Waals surface area contributed by atoms with Crippen LogP contribution < -0.4 is 5.32 Å². The molecule has 0 amide bonds. The van der Waals surface area contributed by atoms with Gasteiger partial charge in [0.1, 0.15) is 22.9 Å².